The van der Waals surface area contributed by atoms with E-state index in [1.807, 2.05) is 47.6 Å². The minimum absolute atomic E-state index is 0. The van der Waals surface area contributed by atoms with Gasteiger partial charge in [-0.1, -0.05) is 25.7 Å². The molecule has 8 atom stereocenters. The number of aliphatic hydroxyl groups excluding tert-OH is 5. The fourth-order valence-corrected chi connectivity index (χ4v) is 12.2. The highest BCUT2D eigenvalue weighted by molar-refractivity contribution is 5.86. The van der Waals surface area contributed by atoms with Gasteiger partial charge in [0.1, 0.15) is 47.0 Å². The van der Waals surface area contributed by atoms with E-state index in [0.717, 1.165) is 96.5 Å². The summed E-state index contributed by atoms with van der Waals surface area (Å²) >= 11 is 0. The number of nitrogens with zero attached hydrogens (tertiary/aromatic N) is 1. The number of ether oxygens (including phenoxy) is 9. The molecule has 0 spiro atoms. The molecule has 5 saturated heterocycles. The van der Waals surface area contributed by atoms with Crippen molar-refractivity contribution < 1.29 is 107 Å². The van der Waals surface area contributed by atoms with Crippen LogP contribution in [-0.2, 0) is 76.2 Å². The number of amides is 2. The van der Waals surface area contributed by atoms with Crippen LogP contribution in [0, 0.1) is 33.0 Å². The SMILES string of the molecule is CC(C)(C)OC(=O)CC1(C(O)C#N)CCCOCC1.CC(C)(C)OC(=O)CC1(C(O)C(N)=O)CCCOCC1.CC(C)(C)OC(=O)CC1(C=O)CCCOCC1.CC(C)(C)OC(=O)CC1(CO)CCCOCC1.Cl.Cl.Cl.NC(=O)C(O)C1(N)CCCCCC1.NC1(CO)CCCOCC1.[2H]CF. The van der Waals surface area contributed by atoms with Gasteiger partial charge in [-0.15, -0.1) is 37.2 Å². The van der Waals surface area contributed by atoms with Crippen LogP contribution in [-0.4, -0.2) is 206 Å². The van der Waals surface area contributed by atoms with Crippen LogP contribution in [0.15, 0.2) is 0 Å². The second-order valence-electron chi connectivity index (χ2n) is 31.1. The largest absolute Gasteiger partial charge is 0.460 e. The fourth-order valence-electron chi connectivity index (χ4n) is 12.2. The van der Waals surface area contributed by atoms with Crippen molar-refractivity contribution in [3.8, 4) is 6.07 Å². The molecule has 2 amide bonds. The molecule has 5 aliphatic heterocycles. The first-order valence-corrected chi connectivity index (χ1v) is 34.8. The summed E-state index contributed by atoms with van der Waals surface area (Å²) in [5, 5.41) is 57.1. The lowest BCUT2D eigenvalue weighted by Crippen LogP contribution is -2.56. The van der Waals surface area contributed by atoms with Crippen molar-refractivity contribution in [2.24, 2.45) is 44.6 Å². The average Bonchev–Trinajstić information content (AvgIpc) is 1.29. The van der Waals surface area contributed by atoms with E-state index in [-0.39, 0.29) is 105 Å². The third kappa shape index (κ3) is 44.1. The molecule has 30 heteroatoms. The van der Waals surface area contributed by atoms with E-state index < -0.39 is 87.4 Å². The summed E-state index contributed by atoms with van der Waals surface area (Å²) in [5.74, 6) is -2.84. The van der Waals surface area contributed by atoms with Crippen molar-refractivity contribution in [3.05, 3.63) is 0 Å². The average molecular weight is 1520 g/mol. The summed E-state index contributed by atoms with van der Waals surface area (Å²) in [7, 11) is -1.00. The van der Waals surface area contributed by atoms with E-state index >= 15 is 0 Å². The highest BCUT2D eigenvalue weighted by Gasteiger charge is 2.46. The van der Waals surface area contributed by atoms with Crippen LogP contribution in [0.3, 0.4) is 0 Å². The molecule has 6 rings (SSSR count). The third-order valence-electron chi connectivity index (χ3n) is 17.6. The first-order valence-electron chi connectivity index (χ1n) is 35.5. The lowest BCUT2D eigenvalue weighted by molar-refractivity contribution is -0.162. The van der Waals surface area contributed by atoms with Crippen molar-refractivity contribution in [3.63, 3.8) is 0 Å². The molecule has 26 nitrogen and oxygen atoms in total. The molecule has 0 bridgehead atoms. The Hall–Kier alpha value is -3.70. The molecule has 0 aromatic heterocycles. The first-order chi connectivity index (χ1) is 45.9. The van der Waals surface area contributed by atoms with Gasteiger partial charge in [0.2, 0.25) is 11.8 Å². The van der Waals surface area contributed by atoms with Crippen LogP contribution in [0.5, 0.6) is 0 Å². The van der Waals surface area contributed by atoms with Gasteiger partial charge < -0.3 is 95.9 Å². The number of aliphatic hydroxyl groups is 5. The smallest absolute Gasteiger partial charge is 0.307 e. The van der Waals surface area contributed by atoms with Crippen LogP contribution in [0.2, 0.25) is 0 Å². The second-order valence-corrected chi connectivity index (χ2v) is 31.1. The molecule has 6 aliphatic rings. The van der Waals surface area contributed by atoms with Crippen molar-refractivity contribution in [1.82, 2.24) is 0 Å². The monoisotopic (exact) mass is 1520 g/mol. The Labute approximate surface area is 621 Å². The van der Waals surface area contributed by atoms with Gasteiger partial charge in [-0.25, -0.2) is 0 Å². The van der Waals surface area contributed by atoms with Crippen molar-refractivity contribution in [1.29, 1.82) is 5.26 Å². The Bertz CT molecular complexity index is 2360. The van der Waals surface area contributed by atoms with Crippen LogP contribution in [0.25, 0.3) is 0 Å². The van der Waals surface area contributed by atoms with E-state index in [4.69, 9.17) is 77.3 Å². The molecule has 1 saturated carbocycles. The number of nitrogens with two attached hydrogens (primary N) is 4. The predicted molar refractivity (Wildman–Crippen MR) is 388 cm³/mol. The van der Waals surface area contributed by atoms with Gasteiger partial charge in [-0.05, 0) is 192 Å². The number of halogens is 4. The van der Waals surface area contributed by atoms with Crippen molar-refractivity contribution in [2.45, 2.75) is 295 Å². The molecule has 101 heavy (non-hydrogen) atoms. The number of hydrogen-bond acceptors (Lipinski definition) is 24. The molecule has 6 fully saturated rings. The summed E-state index contributed by atoms with van der Waals surface area (Å²) in [5.41, 5.74) is 16.2. The molecule has 1 aliphatic carbocycles. The number of carbonyl (C=O) groups is 7. The topological polar surface area (TPSA) is 432 Å². The van der Waals surface area contributed by atoms with Crippen LogP contribution < -0.4 is 22.9 Å². The standard InChI is InChI=1S/C14H25NO5.C14H23NO4.C13H24O4.C13H22O4.C9H18N2O2.C7H15NO2.CH3F.3ClH/c1-13(2,3)20-10(16)9-14(11(17)12(15)18)5-4-7-19-8-6-14;1-13(2,3)19-12(17)9-14(11(16)10-15)5-4-7-18-8-6-14;2*1-12(2,3)17-11(15)9-13(10-14)5-4-7-16-8-6-13;10-8(13)7(12)9(11)5-3-1-2-4-6-9;8-7(6-9)2-1-4-10-5-3-7;1-2;;;/h11,17H,4-9H2,1-3H3,(H2,15,18);11,16H,4-9H2,1-3H3;14H,4-10H2,1-3H3;10H,4-9H2,1-3H3;7,12H,1-6,11H2,(H2,10,13);9H,1-6,8H2;1H3;3*1H/i;;;;;;1D;;;. The van der Waals surface area contributed by atoms with Gasteiger partial charge in [0.15, 0.2) is 0 Å². The third-order valence-corrected chi connectivity index (χ3v) is 17.6. The fraction of sp³-hybridized carbons (Fsp3) is 0.887. The zero-order valence-electron chi connectivity index (χ0n) is 63.8. The molecule has 0 aromatic carbocycles. The number of rotatable bonds is 16. The highest BCUT2D eigenvalue weighted by Crippen LogP contribution is 2.41. The van der Waals surface area contributed by atoms with Gasteiger partial charge >= 0.3 is 23.9 Å². The van der Waals surface area contributed by atoms with Crippen molar-refractivity contribution >= 4 is 79.2 Å². The van der Waals surface area contributed by atoms with E-state index in [9.17, 15) is 58.4 Å². The first kappa shape index (κ1) is 101. The number of alkyl halides is 1. The maximum atomic E-state index is 12.0. The van der Waals surface area contributed by atoms with Gasteiger partial charge in [-0.2, -0.15) is 5.26 Å². The maximum Gasteiger partial charge on any atom is 0.307 e. The second kappa shape index (κ2) is 50.7. The lowest BCUT2D eigenvalue weighted by Gasteiger charge is -2.35. The van der Waals surface area contributed by atoms with Gasteiger partial charge in [0.25, 0.3) is 0 Å². The van der Waals surface area contributed by atoms with Gasteiger partial charge in [-0.3, -0.25) is 33.2 Å². The molecule has 596 valence electrons. The molecular weight excluding hydrogens is 1380 g/mol. The van der Waals surface area contributed by atoms with Crippen LogP contribution in [0.4, 0.5) is 4.39 Å². The Kier molecular flexibility index (Phi) is 51.0. The molecule has 5 heterocycles. The molecule has 8 unspecified atom stereocenters. The molecule has 0 radical (unpaired) electrons. The number of esters is 4. The summed E-state index contributed by atoms with van der Waals surface area (Å²) in [6, 6.07) is 1.86. The number of aldehydes is 1. The zero-order chi connectivity index (χ0) is 75.8. The normalized spacial score (nSPS) is 25.7. The number of nitriles is 1. The number of carbonyl (C=O) groups excluding carboxylic acids is 7. The molecule has 13 N–H and O–H groups in total. The summed E-state index contributed by atoms with van der Waals surface area (Å²) in [6.45, 7) is 27.9. The van der Waals surface area contributed by atoms with E-state index in [0.29, 0.717) is 111 Å². The number of primary amides is 2. The summed E-state index contributed by atoms with van der Waals surface area (Å²) < 4.78 is 63.3. The summed E-state index contributed by atoms with van der Waals surface area (Å²) in [6.07, 6.45) is 13.9. The Morgan fingerprint density at radius 1 is 0.475 bits per heavy atom. The quantitative estimate of drug-likeness (QED) is 0.0231. The minimum Gasteiger partial charge on any atom is -0.460 e. The van der Waals surface area contributed by atoms with E-state index in [1.54, 1.807) is 41.5 Å². The number of hydrogen-bond donors (Lipinski definition) is 9. The highest BCUT2D eigenvalue weighted by atomic mass is 35.5. The lowest BCUT2D eigenvalue weighted by atomic mass is 9.72. The van der Waals surface area contributed by atoms with Crippen LogP contribution >= 0.6 is 37.2 Å². The predicted octanol–water partition coefficient (Wildman–Crippen LogP) is 8.15. The van der Waals surface area contributed by atoms with Crippen LogP contribution in [0.1, 0.15) is 245 Å². The molecular formula is C71H133Cl3FN5O21. The minimum atomic E-state index is -1.36. The zero-order valence-corrected chi connectivity index (χ0v) is 65.3. The van der Waals surface area contributed by atoms with Crippen molar-refractivity contribution in [2.75, 3.05) is 86.4 Å². The van der Waals surface area contributed by atoms with E-state index in [2.05, 4.69) is 0 Å². The molecule has 0 aromatic rings. The summed E-state index contributed by atoms with van der Waals surface area (Å²) in [4.78, 5) is 81.1. The van der Waals surface area contributed by atoms with Gasteiger partial charge in [0.05, 0.1) is 52.4 Å². The Morgan fingerprint density at radius 2 is 0.822 bits per heavy atom. The Balaban J connectivity index is -0.000000562. The Morgan fingerprint density at radius 3 is 1.22 bits per heavy atom. The van der Waals surface area contributed by atoms with Gasteiger partial charge in [0, 0.05) is 99.9 Å². The maximum absolute atomic E-state index is 12.0. The van der Waals surface area contributed by atoms with E-state index in [1.165, 1.54) is 0 Å².